The second kappa shape index (κ2) is 6.34. The lowest BCUT2D eigenvalue weighted by Gasteiger charge is -2.34. The van der Waals surface area contributed by atoms with Crippen molar-refractivity contribution >= 4 is 0 Å². The van der Waals surface area contributed by atoms with Crippen LogP contribution in [-0.2, 0) is 13.5 Å². The molecule has 0 bridgehead atoms. The fraction of sp³-hybridized carbons (Fsp3) is 0.786. The van der Waals surface area contributed by atoms with Gasteiger partial charge in [-0.1, -0.05) is 0 Å². The summed E-state index contributed by atoms with van der Waals surface area (Å²) < 4.78 is 2.10. The molecule has 1 aromatic rings. The van der Waals surface area contributed by atoms with Crippen LogP contribution in [0.2, 0.25) is 0 Å². The van der Waals surface area contributed by atoms with Gasteiger partial charge in [-0.15, -0.1) is 0 Å². The molecule has 0 aromatic carbocycles. The number of piperidine rings is 1. The summed E-state index contributed by atoms with van der Waals surface area (Å²) in [4.78, 5) is 6.80. The van der Waals surface area contributed by atoms with Gasteiger partial charge in [-0.2, -0.15) is 0 Å². The largest absolute Gasteiger partial charge is 0.338 e. The lowest BCUT2D eigenvalue weighted by atomic mass is 9.92. The number of nitrogens with zero attached hydrogens (tertiary/aromatic N) is 3. The normalized spacial score (nSPS) is 23.2. The number of hydrogen-bond donors (Lipinski definition) is 1. The Hall–Kier alpha value is -0.870. The summed E-state index contributed by atoms with van der Waals surface area (Å²) in [5.41, 5.74) is 0. The second-order valence-electron chi connectivity index (χ2n) is 5.61. The Morgan fingerprint density at radius 2 is 2.33 bits per heavy atom. The van der Waals surface area contributed by atoms with Crippen molar-refractivity contribution in [2.24, 2.45) is 13.0 Å². The van der Waals surface area contributed by atoms with Crippen molar-refractivity contribution in [1.29, 1.82) is 0 Å². The van der Waals surface area contributed by atoms with Crippen molar-refractivity contribution < 1.29 is 0 Å². The average molecular weight is 250 g/mol. The maximum absolute atomic E-state index is 4.35. The molecule has 1 N–H and O–H groups in total. The number of nitrogens with one attached hydrogen (secondary N) is 1. The van der Waals surface area contributed by atoms with Crippen LogP contribution < -0.4 is 5.32 Å². The number of aromatic nitrogens is 2. The highest BCUT2D eigenvalue weighted by Gasteiger charge is 2.22. The summed E-state index contributed by atoms with van der Waals surface area (Å²) in [5.74, 6) is 1.96. The topological polar surface area (TPSA) is 33.1 Å². The highest BCUT2D eigenvalue weighted by molar-refractivity contribution is 4.92. The minimum atomic E-state index is 0.605. The van der Waals surface area contributed by atoms with Crippen LogP contribution in [0.3, 0.4) is 0 Å². The fourth-order valence-corrected chi connectivity index (χ4v) is 2.83. The molecule has 0 saturated carbocycles. The molecule has 0 aliphatic carbocycles. The van der Waals surface area contributed by atoms with Gasteiger partial charge in [0.25, 0.3) is 0 Å². The molecular formula is C14H26N4. The zero-order valence-corrected chi connectivity index (χ0v) is 11.9. The first-order valence-corrected chi connectivity index (χ1v) is 7.05. The summed E-state index contributed by atoms with van der Waals surface area (Å²) in [7, 11) is 4.29. The quantitative estimate of drug-likeness (QED) is 0.854. The fourth-order valence-electron chi connectivity index (χ4n) is 2.83. The Balaban J connectivity index is 1.71. The summed E-state index contributed by atoms with van der Waals surface area (Å²) in [6, 6.07) is 0.605. The van der Waals surface area contributed by atoms with Gasteiger partial charge in [0, 0.05) is 45.0 Å². The van der Waals surface area contributed by atoms with E-state index in [-0.39, 0.29) is 0 Å². The minimum absolute atomic E-state index is 0.605. The highest BCUT2D eigenvalue weighted by atomic mass is 15.1. The predicted molar refractivity (Wildman–Crippen MR) is 74.6 cm³/mol. The van der Waals surface area contributed by atoms with Gasteiger partial charge in [0.2, 0.25) is 0 Å². The zero-order valence-electron chi connectivity index (χ0n) is 11.9. The van der Waals surface area contributed by atoms with E-state index in [0.29, 0.717) is 6.04 Å². The van der Waals surface area contributed by atoms with Crippen LogP contribution in [0.25, 0.3) is 0 Å². The van der Waals surface area contributed by atoms with Crippen molar-refractivity contribution in [3.63, 3.8) is 0 Å². The monoisotopic (exact) mass is 250 g/mol. The molecule has 18 heavy (non-hydrogen) atoms. The Morgan fingerprint density at radius 3 is 3.00 bits per heavy atom. The molecule has 2 rings (SSSR count). The molecule has 4 nitrogen and oxygen atoms in total. The van der Waals surface area contributed by atoms with Gasteiger partial charge in [-0.05, 0) is 39.3 Å². The predicted octanol–water partition coefficient (Wildman–Crippen LogP) is 1.28. The summed E-state index contributed by atoms with van der Waals surface area (Å²) in [5, 5.41) is 3.66. The standard InChI is InChI=1S/C14H26N4/c1-12(13-5-4-9-17(2)11-13)15-7-6-14-16-8-10-18(14)3/h8,10,12-13,15H,4-7,9,11H2,1-3H3. The molecule has 1 fully saturated rings. The average Bonchev–Trinajstić information content (AvgIpc) is 2.75. The Kier molecular flexibility index (Phi) is 4.78. The van der Waals surface area contributed by atoms with Gasteiger partial charge in [0.05, 0.1) is 0 Å². The van der Waals surface area contributed by atoms with E-state index in [1.807, 2.05) is 12.4 Å². The maximum Gasteiger partial charge on any atom is 0.109 e. The number of rotatable bonds is 5. The SMILES string of the molecule is CC(NCCc1nccn1C)C1CCCN(C)C1. The molecule has 2 unspecified atom stereocenters. The van der Waals surface area contributed by atoms with Crippen LogP contribution in [0.1, 0.15) is 25.6 Å². The Morgan fingerprint density at radius 1 is 1.50 bits per heavy atom. The molecule has 0 spiro atoms. The van der Waals surface area contributed by atoms with Crippen molar-refractivity contribution in [3.05, 3.63) is 18.2 Å². The maximum atomic E-state index is 4.35. The minimum Gasteiger partial charge on any atom is -0.338 e. The second-order valence-corrected chi connectivity index (χ2v) is 5.61. The zero-order chi connectivity index (χ0) is 13.0. The third kappa shape index (κ3) is 3.56. The molecule has 1 saturated heterocycles. The van der Waals surface area contributed by atoms with Crippen LogP contribution in [0.15, 0.2) is 12.4 Å². The van der Waals surface area contributed by atoms with E-state index < -0.39 is 0 Å². The van der Waals surface area contributed by atoms with Crippen molar-refractivity contribution in [1.82, 2.24) is 19.8 Å². The van der Waals surface area contributed by atoms with Crippen LogP contribution in [0, 0.1) is 5.92 Å². The van der Waals surface area contributed by atoms with Crippen LogP contribution >= 0.6 is 0 Å². The van der Waals surface area contributed by atoms with Crippen LogP contribution in [-0.4, -0.2) is 47.2 Å². The van der Waals surface area contributed by atoms with E-state index in [4.69, 9.17) is 0 Å². The molecule has 2 heterocycles. The van der Waals surface area contributed by atoms with Crippen LogP contribution in [0.5, 0.6) is 0 Å². The molecule has 1 aromatic heterocycles. The van der Waals surface area contributed by atoms with Crippen LogP contribution in [0.4, 0.5) is 0 Å². The van der Waals surface area contributed by atoms with E-state index in [9.17, 15) is 0 Å². The third-order valence-corrected chi connectivity index (χ3v) is 4.10. The number of hydrogen-bond acceptors (Lipinski definition) is 3. The van der Waals surface area contributed by atoms with Gasteiger partial charge in [-0.3, -0.25) is 0 Å². The van der Waals surface area contributed by atoms with E-state index >= 15 is 0 Å². The number of imidazole rings is 1. The summed E-state index contributed by atoms with van der Waals surface area (Å²) in [6.07, 6.45) is 7.59. The molecule has 0 radical (unpaired) electrons. The van der Waals surface area contributed by atoms with Gasteiger partial charge < -0.3 is 14.8 Å². The molecular weight excluding hydrogens is 224 g/mol. The van der Waals surface area contributed by atoms with Crippen molar-refractivity contribution in [2.75, 3.05) is 26.7 Å². The van der Waals surface area contributed by atoms with Gasteiger partial charge >= 0.3 is 0 Å². The van der Waals surface area contributed by atoms with Gasteiger partial charge in [0.1, 0.15) is 5.82 Å². The Bertz CT molecular complexity index is 360. The first-order chi connectivity index (χ1) is 8.66. The lowest BCUT2D eigenvalue weighted by Crippen LogP contribution is -2.43. The highest BCUT2D eigenvalue weighted by Crippen LogP contribution is 2.18. The third-order valence-electron chi connectivity index (χ3n) is 4.10. The Labute approximate surface area is 110 Å². The van der Waals surface area contributed by atoms with Gasteiger partial charge in [-0.25, -0.2) is 4.98 Å². The number of likely N-dealkylation sites (tertiary alicyclic amines) is 1. The molecule has 102 valence electrons. The van der Waals surface area contributed by atoms with Gasteiger partial charge in [0.15, 0.2) is 0 Å². The first-order valence-electron chi connectivity index (χ1n) is 7.05. The van der Waals surface area contributed by atoms with E-state index in [0.717, 1.165) is 24.7 Å². The molecule has 0 amide bonds. The lowest BCUT2D eigenvalue weighted by molar-refractivity contribution is 0.179. The molecule has 1 aliphatic heterocycles. The molecule has 1 aliphatic rings. The summed E-state index contributed by atoms with van der Waals surface area (Å²) >= 11 is 0. The first kappa shape index (κ1) is 13.6. The smallest absolute Gasteiger partial charge is 0.109 e. The molecule has 4 heteroatoms. The van der Waals surface area contributed by atoms with Crippen molar-refractivity contribution in [3.8, 4) is 0 Å². The van der Waals surface area contributed by atoms with E-state index in [1.165, 1.54) is 25.9 Å². The van der Waals surface area contributed by atoms with Crippen molar-refractivity contribution in [2.45, 2.75) is 32.2 Å². The number of aryl methyl sites for hydroxylation is 1. The summed E-state index contributed by atoms with van der Waals surface area (Å²) in [6.45, 7) is 5.83. The van der Waals surface area contributed by atoms with E-state index in [2.05, 4.69) is 40.8 Å². The van der Waals surface area contributed by atoms with E-state index in [1.54, 1.807) is 0 Å². The molecule has 2 atom stereocenters.